The number of carbonyl (C=O) groups is 1. The molecule has 7 nitrogen and oxygen atoms in total. The van der Waals surface area contributed by atoms with E-state index in [1.165, 1.54) is 7.11 Å². The van der Waals surface area contributed by atoms with Gasteiger partial charge in [-0.3, -0.25) is 10.1 Å². The second kappa shape index (κ2) is 6.55. The van der Waals surface area contributed by atoms with E-state index < -0.39 is 0 Å². The number of hydrogen-bond donors (Lipinski definition) is 2. The third kappa shape index (κ3) is 3.47. The number of hydrogen-bond acceptors (Lipinski definition) is 5. The van der Waals surface area contributed by atoms with Crippen LogP contribution in [0.4, 0.5) is 5.95 Å². The largest absolute Gasteiger partial charge is 0.494 e. The summed E-state index contributed by atoms with van der Waals surface area (Å²) in [5, 5.41) is 8.89. The van der Waals surface area contributed by atoms with Gasteiger partial charge in [-0.25, -0.2) is 5.10 Å². The number of carbonyl (C=O) groups excluding carboxylic acids is 1. The van der Waals surface area contributed by atoms with E-state index in [9.17, 15) is 4.79 Å². The molecule has 0 fully saturated rings. The molecular weight excluding hydrogens is 260 g/mol. The predicted octanol–water partition coefficient (Wildman–Crippen LogP) is 1.85. The van der Waals surface area contributed by atoms with Gasteiger partial charge >= 0.3 is 6.01 Å². The standard InChI is InChI=1S/C13H16N4O3/c1-3-7-20-10-6-4-5-9(8-10)11(18)14-12-15-13(19-2)17-16-12/h4-6,8H,3,7H2,1-2H3,(H2,14,15,16,17,18). The van der Waals surface area contributed by atoms with Crippen LogP contribution in [0.3, 0.4) is 0 Å². The Bertz CT molecular complexity index is 583. The second-order valence-corrected chi connectivity index (χ2v) is 4.00. The van der Waals surface area contributed by atoms with Crippen LogP contribution in [0, 0.1) is 0 Å². The van der Waals surface area contributed by atoms with Crippen molar-refractivity contribution in [2.45, 2.75) is 13.3 Å². The minimum atomic E-state index is -0.300. The molecule has 0 aliphatic heterocycles. The molecular formula is C13H16N4O3. The van der Waals surface area contributed by atoms with E-state index in [0.717, 1.165) is 6.42 Å². The molecule has 1 amide bonds. The number of ether oxygens (including phenoxy) is 2. The van der Waals surface area contributed by atoms with Crippen molar-refractivity contribution in [3.05, 3.63) is 29.8 Å². The molecule has 0 radical (unpaired) electrons. The molecule has 0 aliphatic rings. The zero-order chi connectivity index (χ0) is 14.4. The van der Waals surface area contributed by atoms with Crippen molar-refractivity contribution in [1.82, 2.24) is 15.2 Å². The van der Waals surface area contributed by atoms with Crippen molar-refractivity contribution < 1.29 is 14.3 Å². The minimum absolute atomic E-state index is 0.167. The van der Waals surface area contributed by atoms with E-state index >= 15 is 0 Å². The number of anilines is 1. The molecule has 106 valence electrons. The first kappa shape index (κ1) is 13.9. The van der Waals surface area contributed by atoms with Gasteiger partial charge in [-0.1, -0.05) is 13.0 Å². The van der Waals surface area contributed by atoms with E-state index in [-0.39, 0.29) is 17.9 Å². The number of methoxy groups -OCH3 is 1. The highest BCUT2D eigenvalue weighted by Crippen LogP contribution is 2.15. The summed E-state index contributed by atoms with van der Waals surface area (Å²) in [6.07, 6.45) is 0.911. The molecule has 1 heterocycles. The molecule has 2 N–H and O–H groups in total. The summed E-state index contributed by atoms with van der Waals surface area (Å²) in [5.74, 6) is 0.590. The van der Waals surface area contributed by atoms with Gasteiger partial charge in [0, 0.05) is 5.56 Å². The van der Waals surface area contributed by atoms with Crippen molar-refractivity contribution in [3.63, 3.8) is 0 Å². The number of rotatable bonds is 6. The lowest BCUT2D eigenvalue weighted by atomic mass is 10.2. The normalized spacial score (nSPS) is 10.1. The Morgan fingerprint density at radius 1 is 1.45 bits per heavy atom. The van der Waals surface area contributed by atoms with Crippen LogP contribution in [0.2, 0.25) is 0 Å². The van der Waals surface area contributed by atoms with Crippen LogP contribution in [-0.2, 0) is 0 Å². The predicted molar refractivity (Wildman–Crippen MR) is 73.1 cm³/mol. The van der Waals surface area contributed by atoms with Crippen molar-refractivity contribution in [3.8, 4) is 11.8 Å². The molecule has 0 aliphatic carbocycles. The summed E-state index contributed by atoms with van der Waals surface area (Å²) in [4.78, 5) is 16.0. The van der Waals surface area contributed by atoms with E-state index in [4.69, 9.17) is 9.47 Å². The smallest absolute Gasteiger partial charge is 0.336 e. The second-order valence-electron chi connectivity index (χ2n) is 4.00. The SMILES string of the molecule is CCCOc1cccc(C(=O)Nc2nc(OC)n[nH]2)c1. The Balaban J connectivity index is 2.04. The fourth-order valence-corrected chi connectivity index (χ4v) is 1.52. The molecule has 1 aromatic heterocycles. The van der Waals surface area contributed by atoms with Gasteiger partial charge in [0.15, 0.2) is 0 Å². The monoisotopic (exact) mass is 276 g/mol. The summed E-state index contributed by atoms with van der Waals surface area (Å²) in [6.45, 7) is 2.64. The fourth-order valence-electron chi connectivity index (χ4n) is 1.52. The molecule has 0 unspecified atom stereocenters. The Labute approximate surface area is 116 Å². The lowest BCUT2D eigenvalue weighted by molar-refractivity contribution is 0.102. The Morgan fingerprint density at radius 3 is 3.00 bits per heavy atom. The van der Waals surface area contributed by atoms with Crippen LogP contribution in [0.5, 0.6) is 11.8 Å². The van der Waals surface area contributed by atoms with Crippen molar-refractivity contribution in [1.29, 1.82) is 0 Å². The third-order valence-electron chi connectivity index (χ3n) is 2.45. The topological polar surface area (TPSA) is 89.1 Å². The van der Waals surface area contributed by atoms with Gasteiger partial charge in [-0.05, 0) is 24.6 Å². The van der Waals surface area contributed by atoms with E-state index in [1.54, 1.807) is 18.2 Å². The highest BCUT2D eigenvalue weighted by atomic mass is 16.5. The summed E-state index contributed by atoms with van der Waals surface area (Å²) in [5.41, 5.74) is 0.481. The number of amides is 1. The quantitative estimate of drug-likeness (QED) is 0.840. The van der Waals surface area contributed by atoms with Crippen molar-refractivity contribution >= 4 is 11.9 Å². The fraction of sp³-hybridized carbons (Fsp3) is 0.308. The highest BCUT2D eigenvalue weighted by molar-refractivity contribution is 6.03. The molecule has 1 aromatic carbocycles. The molecule has 7 heteroatoms. The summed E-state index contributed by atoms with van der Waals surface area (Å²) < 4.78 is 10.3. The number of H-pyrrole nitrogens is 1. The summed E-state index contributed by atoms with van der Waals surface area (Å²) in [6, 6.07) is 7.12. The van der Waals surface area contributed by atoms with E-state index in [0.29, 0.717) is 17.9 Å². The summed E-state index contributed by atoms with van der Waals surface area (Å²) >= 11 is 0. The Kier molecular flexibility index (Phi) is 4.54. The molecule has 0 atom stereocenters. The molecule has 0 saturated carbocycles. The number of nitrogens with one attached hydrogen (secondary N) is 2. The average molecular weight is 276 g/mol. The van der Waals surface area contributed by atoms with Gasteiger partial charge in [0.1, 0.15) is 5.75 Å². The Hall–Kier alpha value is -2.57. The number of aromatic nitrogens is 3. The van der Waals surface area contributed by atoms with Crippen LogP contribution in [0.15, 0.2) is 24.3 Å². The molecule has 0 spiro atoms. The lowest BCUT2D eigenvalue weighted by Crippen LogP contribution is -2.13. The van der Waals surface area contributed by atoms with Crippen molar-refractivity contribution in [2.24, 2.45) is 0 Å². The van der Waals surface area contributed by atoms with Crippen molar-refractivity contribution in [2.75, 3.05) is 19.0 Å². The average Bonchev–Trinajstić information content (AvgIpc) is 2.93. The number of nitrogens with zero attached hydrogens (tertiary/aromatic N) is 2. The van der Waals surface area contributed by atoms with Crippen LogP contribution >= 0.6 is 0 Å². The molecule has 2 aromatic rings. The molecule has 20 heavy (non-hydrogen) atoms. The molecule has 0 bridgehead atoms. The van der Waals surface area contributed by atoms with Crippen LogP contribution in [0.1, 0.15) is 23.7 Å². The maximum absolute atomic E-state index is 12.0. The van der Waals surface area contributed by atoms with Gasteiger partial charge < -0.3 is 9.47 Å². The highest BCUT2D eigenvalue weighted by Gasteiger charge is 2.10. The van der Waals surface area contributed by atoms with Crippen LogP contribution < -0.4 is 14.8 Å². The van der Waals surface area contributed by atoms with Gasteiger partial charge in [0.25, 0.3) is 5.91 Å². The first-order valence-corrected chi connectivity index (χ1v) is 6.23. The number of benzene rings is 1. The summed E-state index contributed by atoms with van der Waals surface area (Å²) in [7, 11) is 1.45. The van der Waals surface area contributed by atoms with Gasteiger partial charge in [-0.15, -0.1) is 5.10 Å². The van der Waals surface area contributed by atoms with E-state index in [2.05, 4.69) is 20.5 Å². The first-order valence-electron chi connectivity index (χ1n) is 6.23. The van der Waals surface area contributed by atoms with Gasteiger partial charge in [0.2, 0.25) is 5.95 Å². The molecule has 0 saturated heterocycles. The van der Waals surface area contributed by atoms with Gasteiger partial charge in [-0.2, -0.15) is 4.98 Å². The lowest BCUT2D eigenvalue weighted by Gasteiger charge is -2.06. The van der Waals surface area contributed by atoms with Crippen LogP contribution in [0.25, 0.3) is 0 Å². The maximum atomic E-state index is 12.0. The number of aromatic amines is 1. The first-order chi connectivity index (χ1) is 9.72. The minimum Gasteiger partial charge on any atom is -0.494 e. The van der Waals surface area contributed by atoms with E-state index in [1.807, 2.05) is 13.0 Å². The third-order valence-corrected chi connectivity index (χ3v) is 2.45. The maximum Gasteiger partial charge on any atom is 0.336 e. The zero-order valence-electron chi connectivity index (χ0n) is 11.3. The van der Waals surface area contributed by atoms with Gasteiger partial charge in [0.05, 0.1) is 13.7 Å². The zero-order valence-corrected chi connectivity index (χ0v) is 11.3. The van der Waals surface area contributed by atoms with Crippen LogP contribution in [-0.4, -0.2) is 34.8 Å². The molecule has 2 rings (SSSR count). The Morgan fingerprint density at radius 2 is 2.30 bits per heavy atom.